The van der Waals surface area contributed by atoms with Gasteiger partial charge in [-0.1, -0.05) is 6.07 Å². The molecule has 2 rings (SSSR count). The van der Waals surface area contributed by atoms with Crippen molar-refractivity contribution >= 4 is 29.1 Å². The number of ketones is 1. The number of amides is 1. The lowest BCUT2D eigenvalue weighted by atomic mass is 10.2. The van der Waals surface area contributed by atoms with Crippen LogP contribution in [-0.2, 0) is 15.3 Å². The summed E-state index contributed by atoms with van der Waals surface area (Å²) in [4.78, 5) is 27.5. The van der Waals surface area contributed by atoms with Gasteiger partial charge in [0.25, 0.3) is 0 Å². The number of anilines is 1. The summed E-state index contributed by atoms with van der Waals surface area (Å²) in [7, 11) is 0. The number of nitrogens with one attached hydrogen (secondary N) is 1. The summed E-state index contributed by atoms with van der Waals surface area (Å²) >= 11 is 1.70. The molecule has 0 aliphatic rings. The Bertz CT molecular complexity index is 612. The highest BCUT2D eigenvalue weighted by Crippen LogP contribution is 2.23. The van der Waals surface area contributed by atoms with Crippen molar-refractivity contribution in [1.82, 2.24) is 4.98 Å². The van der Waals surface area contributed by atoms with Crippen molar-refractivity contribution in [2.45, 2.75) is 24.0 Å². The molecule has 0 spiro atoms. The normalized spacial score (nSPS) is 10.1. The smallest absolute Gasteiger partial charge is 0.231 e. The number of Topliss-reactive ketones (excluding diaryl/α,β-unsaturated/α-hetero) is 1. The average molecular weight is 300 g/mol. The zero-order chi connectivity index (χ0) is 15.1. The van der Waals surface area contributed by atoms with Gasteiger partial charge in [-0.05, 0) is 42.8 Å². The van der Waals surface area contributed by atoms with Gasteiger partial charge in [0.05, 0.1) is 6.42 Å². The first kappa shape index (κ1) is 15.3. The first-order chi connectivity index (χ1) is 10.1. The molecule has 0 aliphatic heterocycles. The molecule has 0 atom stereocenters. The monoisotopic (exact) mass is 300 g/mol. The number of hydrogen-bond acceptors (Lipinski definition) is 4. The predicted molar refractivity (Wildman–Crippen MR) is 84.2 cm³/mol. The summed E-state index contributed by atoms with van der Waals surface area (Å²) in [6.07, 6.45) is 3.52. The topological polar surface area (TPSA) is 59.1 Å². The van der Waals surface area contributed by atoms with Crippen LogP contribution in [0.3, 0.4) is 0 Å². The fraction of sp³-hybridized carbons (Fsp3) is 0.188. The number of hydrogen-bond donors (Lipinski definition) is 1. The van der Waals surface area contributed by atoms with Crippen LogP contribution in [0.1, 0.15) is 18.9 Å². The standard InChI is InChI=1S/C16H16N2O2S/c1-12(19)9-16(20)18-14-4-6-15(7-5-14)21-11-13-3-2-8-17-10-13/h2-8,10H,9,11H2,1H3,(H,18,20). The Balaban J connectivity index is 1.87. The van der Waals surface area contributed by atoms with Gasteiger partial charge in [-0.2, -0.15) is 0 Å². The van der Waals surface area contributed by atoms with Crippen molar-refractivity contribution in [1.29, 1.82) is 0 Å². The molecule has 0 bridgehead atoms. The summed E-state index contributed by atoms with van der Waals surface area (Å²) in [6.45, 7) is 1.40. The zero-order valence-corrected chi connectivity index (χ0v) is 12.5. The van der Waals surface area contributed by atoms with Crippen LogP contribution in [0.4, 0.5) is 5.69 Å². The van der Waals surface area contributed by atoms with Gasteiger partial charge in [-0.15, -0.1) is 11.8 Å². The Morgan fingerprint density at radius 3 is 2.57 bits per heavy atom. The summed E-state index contributed by atoms with van der Waals surface area (Å²) in [6, 6.07) is 11.5. The molecule has 4 nitrogen and oxygen atoms in total. The Morgan fingerprint density at radius 1 is 1.19 bits per heavy atom. The minimum Gasteiger partial charge on any atom is -0.326 e. The van der Waals surface area contributed by atoms with Crippen molar-refractivity contribution in [3.63, 3.8) is 0 Å². The minimum atomic E-state index is -0.279. The van der Waals surface area contributed by atoms with Crippen molar-refractivity contribution in [2.24, 2.45) is 0 Å². The van der Waals surface area contributed by atoms with Crippen LogP contribution in [0, 0.1) is 0 Å². The molecule has 0 fully saturated rings. The van der Waals surface area contributed by atoms with Crippen molar-refractivity contribution < 1.29 is 9.59 Å². The number of nitrogens with zero attached hydrogens (tertiary/aromatic N) is 1. The third kappa shape index (κ3) is 5.39. The van der Waals surface area contributed by atoms with Crippen LogP contribution in [0.2, 0.25) is 0 Å². The van der Waals surface area contributed by atoms with Crippen LogP contribution < -0.4 is 5.32 Å². The highest BCUT2D eigenvalue weighted by atomic mass is 32.2. The number of aromatic nitrogens is 1. The molecular weight excluding hydrogens is 284 g/mol. The van der Waals surface area contributed by atoms with E-state index in [0.29, 0.717) is 5.69 Å². The van der Waals surface area contributed by atoms with E-state index in [9.17, 15) is 9.59 Å². The number of carbonyl (C=O) groups excluding carboxylic acids is 2. The van der Waals surface area contributed by atoms with Gasteiger partial charge in [0, 0.05) is 28.7 Å². The molecule has 5 heteroatoms. The molecule has 0 saturated heterocycles. The molecule has 1 heterocycles. The largest absolute Gasteiger partial charge is 0.326 e. The van der Waals surface area contributed by atoms with Gasteiger partial charge >= 0.3 is 0 Å². The van der Waals surface area contributed by atoms with Gasteiger partial charge in [0.1, 0.15) is 5.78 Å². The Labute approximate surface area is 128 Å². The lowest BCUT2D eigenvalue weighted by molar-refractivity contribution is -0.124. The van der Waals surface area contributed by atoms with E-state index in [4.69, 9.17) is 0 Å². The summed E-state index contributed by atoms with van der Waals surface area (Å²) in [5.74, 6) is 0.429. The number of carbonyl (C=O) groups is 2. The Kier molecular flexibility index (Phi) is 5.51. The SMILES string of the molecule is CC(=O)CC(=O)Nc1ccc(SCc2cccnc2)cc1. The van der Waals surface area contributed by atoms with Gasteiger partial charge < -0.3 is 5.32 Å². The zero-order valence-electron chi connectivity index (χ0n) is 11.7. The summed E-state index contributed by atoms with van der Waals surface area (Å²) in [5.41, 5.74) is 1.87. The van der Waals surface area contributed by atoms with E-state index in [1.165, 1.54) is 12.5 Å². The van der Waals surface area contributed by atoms with E-state index in [2.05, 4.69) is 10.3 Å². The molecule has 1 aromatic heterocycles. The number of rotatable bonds is 6. The molecule has 21 heavy (non-hydrogen) atoms. The number of pyridine rings is 1. The molecular formula is C16H16N2O2S. The quantitative estimate of drug-likeness (QED) is 0.657. The first-order valence-electron chi connectivity index (χ1n) is 6.54. The van der Waals surface area contributed by atoms with Crippen molar-refractivity contribution in [2.75, 3.05) is 5.32 Å². The second kappa shape index (κ2) is 7.59. The highest BCUT2D eigenvalue weighted by molar-refractivity contribution is 7.98. The van der Waals surface area contributed by atoms with Gasteiger partial charge in [0.2, 0.25) is 5.91 Å². The van der Waals surface area contributed by atoms with E-state index in [1.807, 2.05) is 42.6 Å². The molecule has 0 aliphatic carbocycles. The lowest BCUT2D eigenvalue weighted by Gasteiger charge is -2.06. The number of benzene rings is 1. The van der Waals surface area contributed by atoms with E-state index in [0.717, 1.165) is 10.6 Å². The Hall–Kier alpha value is -2.14. The maximum Gasteiger partial charge on any atom is 0.231 e. The van der Waals surface area contributed by atoms with Crippen LogP contribution in [0.25, 0.3) is 0 Å². The number of thioether (sulfide) groups is 1. The first-order valence-corrected chi connectivity index (χ1v) is 7.53. The maximum atomic E-state index is 11.5. The summed E-state index contributed by atoms with van der Waals surface area (Å²) in [5, 5.41) is 2.70. The van der Waals surface area contributed by atoms with E-state index in [1.54, 1.807) is 18.0 Å². The van der Waals surface area contributed by atoms with Crippen LogP contribution in [0.15, 0.2) is 53.7 Å². The van der Waals surface area contributed by atoms with Gasteiger partial charge in [0.15, 0.2) is 0 Å². The van der Waals surface area contributed by atoms with Crippen LogP contribution in [0.5, 0.6) is 0 Å². The molecule has 0 saturated carbocycles. The summed E-state index contributed by atoms with van der Waals surface area (Å²) < 4.78 is 0. The molecule has 1 amide bonds. The molecule has 0 radical (unpaired) electrons. The fourth-order valence-corrected chi connectivity index (χ4v) is 2.55. The fourth-order valence-electron chi connectivity index (χ4n) is 1.72. The minimum absolute atomic E-state index is 0.0858. The van der Waals surface area contributed by atoms with Crippen molar-refractivity contribution in [3.8, 4) is 0 Å². The molecule has 0 unspecified atom stereocenters. The highest BCUT2D eigenvalue weighted by Gasteiger charge is 2.05. The second-order valence-corrected chi connectivity index (χ2v) is 5.65. The maximum absolute atomic E-state index is 11.5. The van der Waals surface area contributed by atoms with Crippen LogP contribution in [-0.4, -0.2) is 16.7 Å². The van der Waals surface area contributed by atoms with Crippen molar-refractivity contribution in [3.05, 3.63) is 54.4 Å². The predicted octanol–water partition coefficient (Wildman–Crippen LogP) is 3.29. The third-order valence-corrected chi connectivity index (χ3v) is 3.76. The molecule has 1 N–H and O–H groups in total. The van der Waals surface area contributed by atoms with Gasteiger partial charge in [-0.25, -0.2) is 0 Å². The van der Waals surface area contributed by atoms with Crippen LogP contribution >= 0.6 is 11.8 Å². The van der Waals surface area contributed by atoms with E-state index < -0.39 is 0 Å². The third-order valence-electron chi connectivity index (χ3n) is 2.68. The van der Waals surface area contributed by atoms with E-state index >= 15 is 0 Å². The lowest BCUT2D eigenvalue weighted by Crippen LogP contribution is -2.14. The van der Waals surface area contributed by atoms with E-state index in [-0.39, 0.29) is 18.1 Å². The molecule has 108 valence electrons. The Morgan fingerprint density at radius 2 is 1.95 bits per heavy atom. The molecule has 2 aromatic rings. The molecule has 1 aromatic carbocycles. The van der Waals surface area contributed by atoms with Gasteiger partial charge in [-0.3, -0.25) is 14.6 Å². The second-order valence-electron chi connectivity index (χ2n) is 4.60. The average Bonchev–Trinajstić information content (AvgIpc) is 2.47.